The molecule has 0 spiro atoms. The third kappa shape index (κ3) is 1.90. The van der Waals surface area contributed by atoms with E-state index in [1.165, 1.54) is 0 Å². The van der Waals surface area contributed by atoms with Crippen LogP contribution in [0.15, 0.2) is 12.3 Å². The summed E-state index contributed by atoms with van der Waals surface area (Å²) in [6.07, 6.45) is 4.59. The predicted octanol–water partition coefficient (Wildman–Crippen LogP) is 1.30. The number of amides is 1. The van der Waals surface area contributed by atoms with Crippen LogP contribution in [-0.2, 0) is 0 Å². The van der Waals surface area contributed by atoms with Gasteiger partial charge in [-0.25, -0.2) is 0 Å². The zero-order valence-electron chi connectivity index (χ0n) is 7.66. The number of carbonyl (C=O) groups excluding carboxylic acids is 1. The molecule has 0 saturated heterocycles. The maximum atomic E-state index is 11.6. The largest absolute Gasteiger partial charge is 0.347 e. The fraction of sp³-hybridized carbons (Fsp3) is 0.556. The summed E-state index contributed by atoms with van der Waals surface area (Å²) in [4.78, 5) is 11.6. The van der Waals surface area contributed by atoms with E-state index in [2.05, 4.69) is 15.5 Å². The summed E-state index contributed by atoms with van der Waals surface area (Å²) in [7, 11) is 0. The number of nitrogens with zero attached hydrogens (tertiary/aromatic N) is 1. The predicted molar refractivity (Wildman–Crippen MR) is 53.3 cm³/mol. The van der Waals surface area contributed by atoms with Crippen molar-refractivity contribution >= 4 is 17.5 Å². The van der Waals surface area contributed by atoms with Crippen LogP contribution in [0.25, 0.3) is 0 Å². The van der Waals surface area contributed by atoms with Gasteiger partial charge in [-0.1, -0.05) is 0 Å². The van der Waals surface area contributed by atoms with Gasteiger partial charge in [-0.15, -0.1) is 11.6 Å². The average molecular weight is 214 g/mol. The van der Waals surface area contributed by atoms with Gasteiger partial charge in [0.1, 0.15) is 5.69 Å². The van der Waals surface area contributed by atoms with Gasteiger partial charge in [0.15, 0.2) is 0 Å². The SMILES string of the molecule is O=C(NC1CCCC1Cl)c1ccn[nH]1. The Morgan fingerprint density at radius 1 is 1.64 bits per heavy atom. The van der Waals surface area contributed by atoms with Gasteiger partial charge in [0.05, 0.1) is 5.38 Å². The molecule has 1 aromatic heterocycles. The molecule has 1 aliphatic carbocycles. The van der Waals surface area contributed by atoms with Crippen LogP contribution >= 0.6 is 11.6 Å². The smallest absolute Gasteiger partial charge is 0.269 e. The summed E-state index contributed by atoms with van der Waals surface area (Å²) in [5.41, 5.74) is 0.487. The lowest BCUT2D eigenvalue weighted by molar-refractivity contribution is 0.0933. The Morgan fingerprint density at radius 2 is 2.50 bits per heavy atom. The van der Waals surface area contributed by atoms with E-state index in [0.29, 0.717) is 5.69 Å². The highest BCUT2D eigenvalue weighted by Gasteiger charge is 2.27. The second-order valence-electron chi connectivity index (χ2n) is 3.50. The van der Waals surface area contributed by atoms with E-state index >= 15 is 0 Å². The minimum Gasteiger partial charge on any atom is -0.347 e. The van der Waals surface area contributed by atoms with Crippen LogP contribution in [0, 0.1) is 0 Å². The van der Waals surface area contributed by atoms with Crippen LogP contribution in [0.5, 0.6) is 0 Å². The summed E-state index contributed by atoms with van der Waals surface area (Å²) in [6.45, 7) is 0. The first-order chi connectivity index (χ1) is 6.77. The minimum atomic E-state index is -0.125. The molecule has 5 heteroatoms. The molecular formula is C9H12ClN3O. The summed E-state index contributed by atoms with van der Waals surface area (Å²) in [6, 6.07) is 1.75. The fourth-order valence-corrected chi connectivity index (χ4v) is 2.05. The second kappa shape index (κ2) is 4.00. The lowest BCUT2D eigenvalue weighted by Gasteiger charge is -2.14. The van der Waals surface area contributed by atoms with Gasteiger partial charge in [0.2, 0.25) is 0 Å². The van der Waals surface area contributed by atoms with Crippen LogP contribution in [0.2, 0.25) is 0 Å². The molecule has 0 aliphatic heterocycles. The van der Waals surface area contributed by atoms with Gasteiger partial charge in [-0.05, 0) is 25.3 Å². The Labute approximate surface area is 87.0 Å². The van der Waals surface area contributed by atoms with Crippen molar-refractivity contribution in [2.45, 2.75) is 30.7 Å². The normalized spacial score (nSPS) is 26.4. The highest BCUT2D eigenvalue weighted by Crippen LogP contribution is 2.24. The maximum Gasteiger partial charge on any atom is 0.269 e. The molecular weight excluding hydrogens is 202 g/mol. The van der Waals surface area contributed by atoms with Crippen molar-refractivity contribution in [3.05, 3.63) is 18.0 Å². The Hall–Kier alpha value is -1.03. The molecule has 2 atom stereocenters. The highest BCUT2D eigenvalue weighted by atomic mass is 35.5. The second-order valence-corrected chi connectivity index (χ2v) is 4.06. The van der Waals surface area contributed by atoms with Crippen molar-refractivity contribution in [2.24, 2.45) is 0 Å². The van der Waals surface area contributed by atoms with Crippen molar-refractivity contribution in [3.63, 3.8) is 0 Å². The van der Waals surface area contributed by atoms with E-state index in [0.717, 1.165) is 19.3 Å². The standard InChI is InChI=1S/C9H12ClN3O/c10-6-2-1-3-7(6)12-9(14)8-4-5-11-13-8/h4-7H,1-3H2,(H,11,13)(H,12,14). The van der Waals surface area contributed by atoms with Crippen molar-refractivity contribution in [1.29, 1.82) is 0 Å². The zero-order valence-corrected chi connectivity index (χ0v) is 8.42. The molecule has 1 aromatic rings. The number of hydrogen-bond donors (Lipinski definition) is 2. The molecule has 14 heavy (non-hydrogen) atoms. The first kappa shape index (κ1) is 9.52. The van der Waals surface area contributed by atoms with Crippen molar-refractivity contribution in [1.82, 2.24) is 15.5 Å². The quantitative estimate of drug-likeness (QED) is 0.728. The van der Waals surface area contributed by atoms with Crippen LogP contribution in [0.1, 0.15) is 29.8 Å². The third-order valence-corrected chi connectivity index (χ3v) is 3.02. The molecule has 1 heterocycles. The summed E-state index contributed by atoms with van der Waals surface area (Å²) >= 11 is 6.04. The number of H-pyrrole nitrogens is 1. The maximum absolute atomic E-state index is 11.6. The molecule has 1 aliphatic rings. The topological polar surface area (TPSA) is 57.8 Å². The van der Waals surface area contributed by atoms with E-state index in [-0.39, 0.29) is 17.3 Å². The van der Waals surface area contributed by atoms with Gasteiger partial charge < -0.3 is 5.32 Å². The molecule has 1 saturated carbocycles. The fourth-order valence-electron chi connectivity index (χ4n) is 1.71. The van der Waals surface area contributed by atoms with E-state index in [1.807, 2.05) is 0 Å². The molecule has 0 bridgehead atoms. The molecule has 1 fully saturated rings. The Balaban J connectivity index is 1.95. The van der Waals surface area contributed by atoms with E-state index < -0.39 is 0 Å². The van der Waals surface area contributed by atoms with Gasteiger partial charge in [-0.3, -0.25) is 9.89 Å². The summed E-state index contributed by atoms with van der Waals surface area (Å²) in [5.74, 6) is -0.125. The van der Waals surface area contributed by atoms with Crippen molar-refractivity contribution < 1.29 is 4.79 Å². The number of nitrogens with one attached hydrogen (secondary N) is 2. The van der Waals surface area contributed by atoms with Gasteiger partial charge >= 0.3 is 0 Å². The molecule has 0 radical (unpaired) electrons. The zero-order chi connectivity index (χ0) is 9.97. The van der Waals surface area contributed by atoms with E-state index in [9.17, 15) is 4.79 Å². The molecule has 76 valence electrons. The third-order valence-electron chi connectivity index (χ3n) is 2.49. The van der Waals surface area contributed by atoms with E-state index in [1.54, 1.807) is 12.3 Å². The highest BCUT2D eigenvalue weighted by molar-refractivity contribution is 6.21. The Kier molecular flexibility index (Phi) is 2.72. The number of hydrogen-bond acceptors (Lipinski definition) is 2. The molecule has 0 aromatic carbocycles. The number of halogens is 1. The van der Waals surface area contributed by atoms with Crippen LogP contribution < -0.4 is 5.32 Å². The molecule has 2 rings (SSSR count). The Morgan fingerprint density at radius 3 is 3.07 bits per heavy atom. The monoisotopic (exact) mass is 213 g/mol. The summed E-state index contributed by atoms with van der Waals surface area (Å²) in [5, 5.41) is 9.30. The Bertz CT molecular complexity index is 312. The number of aromatic nitrogens is 2. The first-order valence-electron chi connectivity index (χ1n) is 4.71. The average Bonchev–Trinajstić information content (AvgIpc) is 2.77. The molecule has 2 unspecified atom stereocenters. The number of alkyl halides is 1. The van der Waals surface area contributed by atoms with Crippen molar-refractivity contribution in [2.75, 3.05) is 0 Å². The van der Waals surface area contributed by atoms with Crippen LogP contribution in [0.3, 0.4) is 0 Å². The lowest BCUT2D eigenvalue weighted by atomic mass is 10.2. The lowest BCUT2D eigenvalue weighted by Crippen LogP contribution is -2.38. The molecule has 1 amide bonds. The van der Waals surface area contributed by atoms with Gasteiger partial charge in [0, 0.05) is 12.2 Å². The minimum absolute atomic E-state index is 0.0712. The number of aromatic amines is 1. The van der Waals surface area contributed by atoms with Crippen LogP contribution in [0.4, 0.5) is 0 Å². The van der Waals surface area contributed by atoms with E-state index in [4.69, 9.17) is 11.6 Å². The molecule has 4 nitrogen and oxygen atoms in total. The number of carbonyl (C=O) groups is 1. The summed E-state index contributed by atoms with van der Waals surface area (Å²) < 4.78 is 0. The van der Waals surface area contributed by atoms with Crippen molar-refractivity contribution in [3.8, 4) is 0 Å². The first-order valence-corrected chi connectivity index (χ1v) is 5.15. The van der Waals surface area contributed by atoms with Gasteiger partial charge in [-0.2, -0.15) is 5.10 Å². The van der Waals surface area contributed by atoms with Crippen LogP contribution in [-0.4, -0.2) is 27.5 Å². The number of rotatable bonds is 2. The van der Waals surface area contributed by atoms with Gasteiger partial charge in [0.25, 0.3) is 5.91 Å². The molecule has 2 N–H and O–H groups in total.